The Balaban J connectivity index is 1.31. The average Bonchev–Trinajstić information content (AvgIpc) is 3.46. The molecule has 5 rings (SSSR count). The van der Waals surface area contributed by atoms with Gasteiger partial charge in [-0.3, -0.25) is 4.79 Å². The number of nitrogens with one attached hydrogen (secondary N) is 1. The molecule has 0 saturated carbocycles. The molecule has 0 atom stereocenters. The van der Waals surface area contributed by atoms with Crippen molar-refractivity contribution in [2.24, 2.45) is 5.14 Å². The van der Waals surface area contributed by atoms with Crippen LogP contribution >= 0.6 is 34.4 Å². The Morgan fingerprint density at radius 1 is 1.16 bits per heavy atom. The number of sulfonamides is 1. The third kappa shape index (κ3) is 5.43. The van der Waals surface area contributed by atoms with Crippen LogP contribution in [0.1, 0.15) is 16.8 Å². The molecule has 0 aliphatic carbocycles. The van der Waals surface area contributed by atoms with Gasteiger partial charge < -0.3 is 25.1 Å². The molecule has 1 aliphatic heterocycles. The Morgan fingerprint density at radius 2 is 1.89 bits per heavy atom. The van der Waals surface area contributed by atoms with Gasteiger partial charge in [-0.05, 0) is 65.4 Å². The summed E-state index contributed by atoms with van der Waals surface area (Å²) in [7, 11) is -3.82. The summed E-state index contributed by atoms with van der Waals surface area (Å²) in [5, 5.41) is 8.61. The van der Waals surface area contributed by atoms with Crippen LogP contribution in [0.3, 0.4) is 0 Å². The molecular formula is C22H20IN7O5S2. The van der Waals surface area contributed by atoms with E-state index >= 15 is 0 Å². The molecule has 0 saturated heterocycles. The topological polar surface area (TPSA) is 177 Å². The number of nitrogens with two attached hydrogens (primary N) is 2. The van der Waals surface area contributed by atoms with E-state index in [9.17, 15) is 13.2 Å². The van der Waals surface area contributed by atoms with Crippen LogP contribution in [0.4, 0.5) is 5.82 Å². The first-order valence-electron chi connectivity index (χ1n) is 10.9. The summed E-state index contributed by atoms with van der Waals surface area (Å²) in [6.45, 7) is 1.05. The molecule has 3 heterocycles. The second-order valence-corrected chi connectivity index (χ2v) is 11.6. The molecule has 1 aliphatic rings. The number of nitrogens with zero attached hydrogens (tertiary/aromatic N) is 4. The molecule has 0 fully saturated rings. The highest BCUT2D eigenvalue weighted by atomic mass is 127. The van der Waals surface area contributed by atoms with Gasteiger partial charge in [0.1, 0.15) is 6.33 Å². The van der Waals surface area contributed by atoms with Crippen molar-refractivity contribution in [3.05, 3.63) is 51.9 Å². The summed E-state index contributed by atoms with van der Waals surface area (Å²) in [5.74, 6) is 1.33. The number of aryl methyl sites for hydroxylation is 1. The summed E-state index contributed by atoms with van der Waals surface area (Å²) in [4.78, 5) is 26.5. The number of aromatic nitrogens is 4. The van der Waals surface area contributed by atoms with Gasteiger partial charge in [0.25, 0.3) is 5.91 Å². The Labute approximate surface area is 229 Å². The lowest BCUT2D eigenvalue weighted by atomic mass is 10.2. The second kappa shape index (κ2) is 10.3. The smallest absolute Gasteiger partial charge is 0.251 e. The number of hydrogen-bond acceptors (Lipinski definition) is 10. The van der Waals surface area contributed by atoms with Crippen molar-refractivity contribution in [2.75, 3.05) is 19.1 Å². The highest BCUT2D eigenvalue weighted by Crippen LogP contribution is 2.41. The van der Waals surface area contributed by atoms with Gasteiger partial charge in [0.05, 0.1) is 4.90 Å². The lowest BCUT2D eigenvalue weighted by molar-refractivity contribution is 0.0952. The van der Waals surface area contributed by atoms with Crippen LogP contribution in [0.5, 0.6) is 11.5 Å². The van der Waals surface area contributed by atoms with Crippen LogP contribution in [-0.2, 0) is 16.6 Å². The third-order valence-electron chi connectivity index (χ3n) is 5.44. The van der Waals surface area contributed by atoms with Gasteiger partial charge in [-0.1, -0.05) is 11.8 Å². The normalized spacial score (nSPS) is 12.7. The van der Waals surface area contributed by atoms with E-state index in [2.05, 4.69) is 42.9 Å². The zero-order chi connectivity index (χ0) is 26.2. The molecule has 0 radical (unpaired) electrons. The van der Waals surface area contributed by atoms with E-state index in [1.54, 1.807) is 0 Å². The van der Waals surface area contributed by atoms with Gasteiger partial charge in [0.15, 0.2) is 33.6 Å². The first kappa shape index (κ1) is 25.5. The van der Waals surface area contributed by atoms with Crippen molar-refractivity contribution in [2.45, 2.75) is 27.9 Å². The lowest BCUT2D eigenvalue weighted by Gasteiger charge is -2.11. The zero-order valence-electron chi connectivity index (χ0n) is 19.0. The highest BCUT2D eigenvalue weighted by molar-refractivity contribution is 14.1. The van der Waals surface area contributed by atoms with E-state index < -0.39 is 10.0 Å². The standard InChI is InChI=1S/C22H20IN7O5S2/c23-14-8-15-16(35-11-34-15)9-17(14)36-22-29-18-19(24)27-10-28-20(18)30(22)7-1-6-26-21(31)12-2-4-13(5-3-12)37(25,32)33/h2-5,8-10H,1,6-7,11H2,(H,26,31)(H2,24,27,28)(H2,25,32,33). The largest absolute Gasteiger partial charge is 0.454 e. The molecular weight excluding hydrogens is 633 g/mol. The number of rotatable bonds is 8. The fraction of sp³-hybridized carbons (Fsp3) is 0.182. The molecule has 12 nitrogen and oxygen atoms in total. The van der Waals surface area contributed by atoms with E-state index in [0.717, 1.165) is 8.47 Å². The number of carbonyl (C=O) groups excluding carboxylic acids is 1. The van der Waals surface area contributed by atoms with Crippen LogP contribution in [-0.4, -0.2) is 47.2 Å². The Kier molecular flexibility index (Phi) is 7.11. The molecule has 15 heteroatoms. The number of benzene rings is 2. The number of ether oxygens (including phenoxy) is 2. The minimum atomic E-state index is -3.82. The Hall–Kier alpha value is -3.15. The molecule has 0 unspecified atom stereocenters. The minimum absolute atomic E-state index is 0.0561. The second-order valence-electron chi connectivity index (χ2n) is 7.89. The summed E-state index contributed by atoms with van der Waals surface area (Å²) in [5.41, 5.74) is 7.48. The predicted octanol–water partition coefficient (Wildman–Crippen LogP) is 2.36. The Bertz CT molecular complexity index is 1610. The quantitative estimate of drug-likeness (QED) is 0.189. The van der Waals surface area contributed by atoms with E-state index in [0.29, 0.717) is 52.9 Å². The number of primary sulfonamides is 1. The number of carbonyl (C=O) groups is 1. The van der Waals surface area contributed by atoms with Crippen LogP contribution in [0, 0.1) is 3.57 Å². The molecule has 2 aromatic carbocycles. The number of fused-ring (bicyclic) bond motifs is 2. The van der Waals surface area contributed by atoms with E-state index in [1.807, 2.05) is 16.7 Å². The van der Waals surface area contributed by atoms with Crippen LogP contribution < -0.4 is 25.7 Å². The van der Waals surface area contributed by atoms with E-state index in [1.165, 1.54) is 42.4 Å². The van der Waals surface area contributed by atoms with E-state index in [4.69, 9.17) is 20.3 Å². The van der Waals surface area contributed by atoms with Gasteiger partial charge in [0.2, 0.25) is 16.8 Å². The van der Waals surface area contributed by atoms with Crippen molar-refractivity contribution in [3.8, 4) is 11.5 Å². The molecule has 2 aromatic heterocycles. The SMILES string of the molecule is Nc1ncnc2c1nc(Sc1cc3c(cc1I)OCO3)n2CCCNC(=O)c1ccc(S(N)(=O)=O)cc1. The van der Waals surface area contributed by atoms with Gasteiger partial charge in [-0.2, -0.15) is 0 Å². The maximum Gasteiger partial charge on any atom is 0.251 e. The molecule has 0 bridgehead atoms. The summed E-state index contributed by atoms with van der Waals surface area (Å²) in [6.07, 6.45) is 1.96. The average molecular weight is 653 g/mol. The van der Waals surface area contributed by atoms with Crippen LogP contribution in [0.2, 0.25) is 0 Å². The molecule has 192 valence electrons. The van der Waals surface area contributed by atoms with Crippen molar-refractivity contribution in [1.29, 1.82) is 0 Å². The number of imidazole rings is 1. The predicted molar refractivity (Wildman–Crippen MR) is 144 cm³/mol. The number of hydrogen-bond donors (Lipinski definition) is 3. The van der Waals surface area contributed by atoms with Crippen molar-refractivity contribution < 1.29 is 22.7 Å². The molecule has 1 amide bonds. The molecule has 0 spiro atoms. The van der Waals surface area contributed by atoms with Gasteiger partial charge in [-0.25, -0.2) is 28.5 Å². The number of amides is 1. The summed E-state index contributed by atoms with van der Waals surface area (Å²) < 4.78 is 36.7. The van der Waals surface area contributed by atoms with Crippen molar-refractivity contribution in [3.63, 3.8) is 0 Å². The van der Waals surface area contributed by atoms with Crippen LogP contribution in [0.15, 0.2) is 57.7 Å². The summed E-state index contributed by atoms with van der Waals surface area (Å²) in [6, 6.07) is 9.26. The minimum Gasteiger partial charge on any atom is -0.454 e. The van der Waals surface area contributed by atoms with Crippen molar-refractivity contribution >= 4 is 67.3 Å². The van der Waals surface area contributed by atoms with Gasteiger partial charge >= 0.3 is 0 Å². The molecule has 5 N–H and O–H groups in total. The first-order valence-corrected chi connectivity index (χ1v) is 14.3. The molecule has 37 heavy (non-hydrogen) atoms. The molecule has 4 aromatic rings. The highest BCUT2D eigenvalue weighted by Gasteiger charge is 2.21. The summed E-state index contributed by atoms with van der Waals surface area (Å²) >= 11 is 3.68. The number of anilines is 1. The van der Waals surface area contributed by atoms with Crippen molar-refractivity contribution in [1.82, 2.24) is 24.8 Å². The maximum absolute atomic E-state index is 12.5. The van der Waals surface area contributed by atoms with Crippen LogP contribution in [0.25, 0.3) is 11.2 Å². The first-order chi connectivity index (χ1) is 17.7. The van der Waals surface area contributed by atoms with Gasteiger partial charge in [-0.15, -0.1) is 0 Å². The maximum atomic E-state index is 12.5. The Morgan fingerprint density at radius 3 is 2.62 bits per heavy atom. The zero-order valence-corrected chi connectivity index (χ0v) is 22.8. The number of halogens is 1. The number of nitrogen functional groups attached to an aromatic ring is 1. The third-order valence-corrected chi connectivity index (χ3v) is 8.68. The lowest BCUT2D eigenvalue weighted by Crippen LogP contribution is -2.25. The van der Waals surface area contributed by atoms with Gasteiger partial charge in [0, 0.05) is 27.1 Å². The fourth-order valence-corrected chi connectivity index (χ4v) is 5.85. The fourth-order valence-electron chi connectivity index (χ4n) is 3.63. The monoisotopic (exact) mass is 653 g/mol. The van der Waals surface area contributed by atoms with E-state index in [-0.39, 0.29) is 23.4 Å².